The van der Waals surface area contributed by atoms with Gasteiger partial charge in [0.05, 0.1) is 0 Å². The number of nitrogens with zero attached hydrogens (tertiary/aromatic N) is 1. The van der Waals surface area contributed by atoms with E-state index >= 15 is 0 Å². The number of aliphatic carboxylic acids is 1. The fraction of sp³-hybridized carbons (Fsp3) is 0.846. The van der Waals surface area contributed by atoms with E-state index in [1.54, 1.807) is 4.90 Å². The summed E-state index contributed by atoms with van der Waals surface area (Å²) >= 11 is 0. The summed E-state index contributed by atoms with van der Waals surface area (Å²) < 4.78 is 5.32. The van der Waals surface area contributed by atoms with Gasteiger partial charge in [0.2, 0.25) is 0 Å². The van der Waals surface area contributed by atoms with Gasteiger partial charge in [-0.15, -0.1) is 0 Å². The molecular formula is C13H23NO4. The third-order valence-electron chi connectivity index (χ3n) is 2.94. The lowest BCUT2D eigenvalue weighted by molar-refractivity contribution is -0.137. The highest BCUT2D eigenvalue weighted by atomic mass is 16.6. The molecule has 1 aliphatic rings. The molecule has 0 aromatic carbocycles. The Morgan fingerprint density at radius 2 is 2.06 bits per heavy atom. The van der Waals surface area contributed by atoms with Gasteiger partial charge in [-0.1, -0.05) is 0 Å². The zero-order valence-corrected chi connectivity index (χ0v) is 11.4. The van der Waals surface area contributed by atoms with Crippen molar-refractivity contribution in [2.45, 2.75) is 52.1 Å². The van der Waals surface area contributed by atoms with Crippen molar-refractivity contribution < 1.29 is 19.4 Å². The molecular weight excluding hydrogens is 234 g/mol. The normalized spacial score (nSPS) is 20.6. The Morgan fingerprint density at radius 1 is 1.39 bits per heavy atom. The van der Waals surface area contributed by atoms with Crippen molar-refractivity contribution in [1.29, 1.82) is 0 Å². The molecule has 1 aliphatic heterocycles. The van der Waals surface area contributed by atoms with E-state index in [4.69, 9.17) is 9.84 Å². The van der Waals surface area contributed by atoms with Gasteiger partial charge >= 0.3 is 12.1 Å². The third kappa shape index (κ3) is 5.38. The van der Waals surface area contributed by atoms with Crippen LogP contribution in [0, 0.1) is 5.92 Å². The Kier molecular flexibility index (Phi) is 4.99. The van der Waals surface area contributed by atoms with Crippen LogP contribution in [0.2, 0.25) is 0 Å². The highest BCUT2D eigenvalue weighted by molar-refractivity contribution is 5.68. The van der Waals surface area contributed by atoms with Gasteiger partial charge < -0.3 is 14.7 Å². The molecule has 0 radical (unpaired) electrons. The second kappa shape index (κ2) is 6.07. The van der Waals surface area contributed by atoms with Crippen molar-refractivity contribution in [3.63, 3.8) is 0 Å². The predicted molar refractivity (Wildman–Crippen MR) is 67.4 cm³/mol. The molecule has 0 aliphatic carbocycles. The number of carboxylic acids is 1. The van der Waals surface area contributed by atoms with Gasteiger partial charge in [0.1, 0.15) is 5.60 Å². The minimum Gasteiger partial charge on any atom is -0.481 e. The highest BCUT2D eigenvalue weighted by Gasteiger charge is 2.27. The second-order valence-electron chi connectivity index (χ2n) is 5.87. The summed E-state index contributed by atoms with van der Waals surface area (Å²) in [6.45, 7) is 6.85. The number of rotatable bonds is 3. The minimum absolute atomic E-state index is 0.173. The van der Waals surface area contributed by atoms with Crippen LogP contribution in [0.4, 0.5) is 4.79 Å². The van der Waals surface area contributed by atoms with Crippen LogP contribution in [0.15, 0.2) is 0 Å². The fourth-order valence-corrected chi connectivity index (χ4v) is 2.12. The van der Waals surface area contributed by atoms with E-state index in [1.807, 2.05) is 20.8 Å². The van der Waals surface area contributed by atoms with Gasteiger partial charge in [-0.2, -0.15) is 0 Å². The van der Waals surface area contributed by atoms with Crippen LogP contribution < -0.4 is 0 Å². The van der Waals surface area contributed by atoms with Crippen molar-refractivity contribution in [3.8, 4) is 0 Å². The van der Waals surface area contributed by atoms with Crippen LogP contribution >= 0.6 is 0 Å². The summed E-state index contributed by atoms with van der Waals surface area (Å²) in [6.07, 6.45) is 2.43. The zero-order valence-electron chi connectivity index (χ0n) is 11.4. The Bertz CT molecular complexity index is 309. The number of hydrogen-bond donors (Lipinski definition) is 1. The van der Waals surface area contributed by atoms with Gasteiger partial charge in [-0.05, 0) is 46.0 Å². The summed E-state index contributed by atoms with van der Waals surface area (Å²) in [5.41, 5.74) is -0.481. The average Bonchev–Trinajstić information content (AvgIpc) is 2.24. The molecule has 1 saturated heterocycles. The van der Waals surface area contributed by atoms with E-state index in [0.29, 0.717) is 19.5 Å². The molecule has 0 aromatic heterocycles. The van der Waals surface area contributed by atoms with E-state index in [9.17, 15) is 9.59 Å². The van der Waals surface area contributed by atoms with E-state index in [2.05, 4.69) is 0 Å². The number of ether oxygens (including phenoxy) is 1. The lowest BCUT2D eigenvalue weighted by atomic mass is 9.94. The molecule has 1 amide bonds. The summed E-state index contributed by atoms with van der Waals surface area (Å²) in [5, 5.41) is 8.67. The van der Waals surface area contributed by atoms with Crippen LogP contribution in [0.25, 0.3) is 0 Å². The Labute approximate surface area is 108 Å². The molecule has 5 heteroatoms. The van der Waals surface area contributed by atoms with Gasteiger partial charge in [-0.25, -0.2) is 4.79 Å². The fourth-order valence-electron chi connectivity index (χ4n) is 2.12. The highest BCUT2D eigenvalue weighted by Crippen LogP contribution is 2.22. The molecule has 5 nitrogen and oxygen atoms in total. The molecule has 0 saturated carbocycles. The summed E-state index contributed by atoms with van der Waals surface area (Å²) in [7, 11) is 0. The quantitative estimate of drug-likeness (QED) is 0.843. The zero-order chi connectivity index (χ0) is 13.8. The first-order valence-electron chi connectivity index (χ1n) is 6.47. The molecule has 0 bridgehead atoms. The smallest absolute Gasteiger partial charge is 0.410 e. The maximum atomic E-state index is 11.9. The Balaban J connectivity index is 2.43. The molecule has 0 aromatic rings. The lowest BCUT2D eigenvalue weighted by Crippen LogP contribution is -2.42. The van der Waals surface area contributed by atoms with Gasteiger partial charge in [-0.3, -0.25) is 4.79 Å². The summed E-state index contributed by atoms with van der Waals surface area (Å²) in [6, 6.07) is 0. The molecule has 0 unspecified atom stereocenters. The first-order valence-corrected chi connectivity index (χ1v) is 6.47. The minimum atomic E-state index is -0.774. The number of carbonyl (C=O) groups is 2. The van der Waals surface area contributed by atoms with Crippen molar-refractivity contribution in [3.05, 3.63) is 0 Å². The molecule has 1 atom stereocenters. The number of likely N-dealkylation sites (tertiary alicyclic amines) is 1. The SMILES string of the molecule is CC(C)(C)OC(=O)N1CCC[C@@H](CCC(=O)O)C1. The van der Waals surface area contributed by atoms with Crippen LogP contribution in [-0.2, 0) is 9.53 Å². The molecule has 18 heavy (non-hydrogen) atoms. The van der Waals surface area contributed by atoms with Gasteiger partial charge in [0.25, 0.3) is 0 Å². The first-order chi connectivity index (χ1) is 8.28. The number of hydrogen-bond acceptors (Lipinski definition) is 3. The van der Waals surface area contributed by atoms with Crippen LogP contribution in [-0.4, -0.2) is 40.8 Å². The Morgan fingerprint density at radius 3 is 2.61 bits per heavy atom. The Hall–Kier alpha value is -1.26. The average molecular weight is 257 g/mol. The second-order valence-corrected chi connectivity index (χ2v) is 5.87. The number of amides is 1. The van der Waals surface area contributed by atoms with Gasteiger partial charge in [0.15, 0.2) is 0 Å². The number of carboxylic acid groups (broad SMARTS) is 1. The van der Waals surface area contributed by atoms with Crippen molar-refractivity contribution in [1.82, 2.24) is 4.90 Å². The summed E-state index contributed by atoms with van der Waals surface area (Å²) in [5.74, 6) is -0.494. The molecule has 104 valence electrons. The largest absolute Gasteiger partial charge is 0.481 e. The maximum Gasteiger partial charge on any atom is 0.410 e. The molecule has 1 heterocycles. The van der Waals surface area contributed by atoms with Crippen molar-refractivity contribution in [2.24, 2.45) is 5.92 Å². The molecule has 1 rings (SSSR count). The van der Waals surface area contributed by atoms with Crippen molar-refractivity contribution in [2.75, 3.05) is 13.1 Å². The topological polar surface area (TPSA) is 66.8 Å². The molecule has 1 fully saturated rings. The van der Waals surface area contributed by atoms with E-state index in [-0.39, 0.29) is 18.4 Å². The monoisotopic (exact) mass is 257 g/mol. The first kappa shape index (κ1) is 14.8. The molecule has 0 spiro atoms. The van der Waals surface area contributed by atoms with Crippen LogP contribution in [0.5, 0.6) is 0 Å². The number of carbonyl (C=O) groups excluding carboxylic acids is 1. The van der Waals surface area contributed by atoms with Crippen molar-refractivity contribution >= 4 is 12.1 Å². The molecule has 1 N–H and O–H groups in total. The van der Waals surface area contributed by atoms with Crippen LogP contribution in [0.1, 0.15) is 46.5 Å². The van der Waals surface area contributed by atoms with Gasteiger partial charge in [0, 0.05) is 19.5 Å². The number of piperidine rings is 1. The van der Waals surface area contributed by atoms with Crippen LogP contribution in [0.3, 0.4) is 0 Å². The van der Waals surface area contributed by atoms with E-state index < -0.39 is 11.6 Å². The standard InChI is InChI=1S/C13H23NO4/c1-13(2,3)18-12(17)14-8-4-5-10(9-14)6-7-11(15)16/h10H,4-9H2,1-3H3,(H,15,16)/t10-/m0/s1. The van der Waals surface area contributed by atoms with E-state index in [1.165, 1.54) is 0 Å². The predicted octanol–water partition coefficient (Wildman–Crippen LogP) is 2.50. The summed E-state index contributed by atoms with van der Waals surface area (Å²) in [4.78, 5) is 24.1. The lowest BCUT2D eigenvalue weighted by Gasteiger charge is -2.34. The third-order valence-corrected chi connectivity index (χ3v) is 2.94. The maximum absolute atomic E-state index is 11.9. The van der Waals surface area contributed by atoms with E-state index in [0.717, 1.165) is 12.8 Å².